The first-order valence-corrected chi connectivity index (χ1v) is 12.4. The number of nitrogens with one attached hydrogen (secondary N) is 1. The predicted molar refractivity (Wildman–Crippen MR) is 134 cm³/mol. The molecule has 4 atom stereocenters. The molecule has 9 nitrogen and oxygen atoms in total. The van der Waals surface area contributed by atoms with E-state index in [1.807, 2.05) is 27.7 Å². The van der Waals surface area contributed by atoms with Gasteiger partial charge in [-0.1, -0.05) is 27.7 Å². The number of Topliss-reactive ketones (excluding diaryl/α,β-unsaturated/α-hetero) is 1. The highest BCUT2D eigenvalue weighted by molar-refractivity contribution is 6.02. The first kappa shape index (κ1) is 28.5. The molecule has 1 aliphatic heterocycles. The summed E-state index contributed by atoms with van der Waals surface area (Å²) in [5, 5.41) is 2.81. The molecule has 1 aromatic carbocycles. The fraction of sp³-hybridized carbons (Fsp3) is 0.615. The molecule has 0 saturated carbocycles. The molecule has 0 bridgehead atoms. The van der Waals surface area contributed by atoms with Gasteiger partial charge in [-0.05, 0) is 68.7 Å². The molecule has 0 aliphatic carbocycles. The van der Waals surface area contributed by atoms with E-state index in [1.54, 1.807) is 19.1 Å². The summed E-state index contributed by atoms with van der Waals surface area (Å²) in [6.45, 7) is 9.98. The summed E-state index contributed by atoms with van der Waals surface area (Å²) in [6.07, 6.45) is 2.22. The largest absolute Gasteiger partial charge is 0.425 e. The van der Waals surface area contributed by atoms with Crippen LogP contribution in [-0.2, 0) is 14.4 Å². The maximum atomic E-state index is 13.2. The van der Waals surface area contributed by atoms with Crippen molar-refractivity contribution < 1.29 is 23.9 Å². The summed E-state index contributed by atoms with van der Waals surface area (Å²) in [5.41, 5.74) is 12.1. The van der Waals surface area contributed by atoms with E-state index in [0.717, 1.165) is 0 Å². The highest BCUT2D eigenvalue weighted by atomic mass is 16.5. The Kier molecular flexibility index (Phi) is 10.4. The Balaban J connectivity index is 2.07. The molecule has 35 heavy (non-hydrogen) atoms. The number of hydrogen-bond donors (Lipinski definition) is 3. The van der Waals surface area contributed by atoms with Crippen molar-refractivity contribution in [2.75, 3.05) is 6.54 Å². The van der Waals surface area contributed by atoms with Gasteiger partial charge in [0.05, 0.1) is 18.1 Å². The van der Waals surface area contributed by atoms with Gasteiger partial charge in [0.25, 0.3) is 0 Å². The molecule has 2 amide bonds. The lowest BCUT2D eigenvalue weighted by molar-refractivity contribution is -0.146. The van der Waals surface area contributed by atoms with Gasteiger partial charge < -0.3 is 26.4 Å². The van der Waals surface area contributed by atoms with Crippen molar-refractivity contribution in [3.8, 4) is 5.75 Å². The van der Waals surface area contributed by atoms with Crippen LogP contribution in [0.25, 0.3) is 0 Å². The van der Waals surface area contributed by atoms with Gasteiger partial charge >= 0.3 is 5.97 Å². The van der Waals surface area contributed by atoms with E-state index in [-0.39, 0.29) is 35.2 Å². The molecule has 1 heterocycles. The number of nitrogens with two attached hydrogens (primary N) is 2. The predicted octanol–water partition coefficient (Wildman–Crippen LogP) is 2.02. The summed E-state index contributed by atoms with van der Waals surface area (Å²) in [6, 6.07) is 3.47. The highest BCUT2D eigenvalue weighted by Crippen LogP contribution is 2.22. The van der Waals surface area contributed by atoms with Gasteiger partial charge in [-0.3, -0.25) is 14.4 Å². The maximum absolute atomic E-state index is 13.2. The SMILES string of the molecule is CC(C)C[C@H](NC(=O)[C@@H](N)CC(C)C)C(=O)c1ccc(OC(=O)[C@@H]2CCCN2C(=O)[C@H](C)N)cc1. The van der Waals surface area contributed by atoms with Crippen molar-refractivity contribution in [1.82, 2.24) is 10.2 Å². The van der Waals surface area contributed by atoms with Crippen LogP contribution < -0.4 is 21.5 Å². The molecule has 194 valence electrons. The van der Waals surface area contributed by atoms with Crippen LogP contribution in [0.1, 0.15) is 70.7 Å². The lowest BCUT2D eigenvalue weighted by Gasteiger charge is -2.24. The second-order valence-electron chi connectivity index (χ2n) is 10.2. The molecule has 0 spiro atoms. The zero-order chi connectivity index (χ0) is 26.3. The van der Waals surface area contributed by atoms with E-state index in [0.29, 0.717) is 37.8 Å². The van der Waals surface area contributed by atoms with E-state index in [2.05, 4.69) is 5.32 Å². The molecule has 2 rings (SSSR count). The Morgan fingerprint density at radius 2 is 1.60 bits per heavy atom. The number of carbonyl (C=O) groups excluding carboxylic acids is 4. The average molecular weight is 489 g/mol. The zero-order valence-corrected chi connectivity index (χ0v) is 21.5. The molecule has 0 unspecified atom stereocenters. The number of rotatable bonds is 11. The topological polar surface area (TPSA) is 145 Å². The molecule has 1 aliphatic rings. The normalized spacial score (nSPS) is 18.3. The molecule has 1 fully saturated rings. The van der Waals surface area contributed by atoms with Gasteiger partial charge in [0.15, 0.2) is 5.78 Å². The van der Waals surface area contributed by atoms with Crippen LogP contribution >= 0.6 is 0 Å². The standard InChI is InChI=1S/C26H40N4O5/c1-15(2)13-20(28)24(32)29-21(14-16(3)4)23(31)18-8-10-19(11-9-18)35-26(34)22-7-6-12-30(22)25(33)17(5)27/h8-11,15-17,20-22H,6-7,12-14,27-28H2,1-5H3,(H,29,32)/t17-,20-,21-,22-/m0/s1. The van der Waals surface area contributed by atoms with Crippen LogP contribution in [0.2, 0.25) is 0 Å². The summed E-state index contributed by atoms with van der Waals surface area (Å²) in [5.74, 6) is -0.666. The van der Waals surface area contributed by atoms with Gasteiger partial charge in [-0.25, -0.2) is 4.79 Å². The Labute approximate surface area is 207 Å². The van der Waals surface area contributed by atoms with Gasteiger partial charge in [-0.15, -0.1) is 0 Å². The van der Waals surface area contributed by atoms with Crippen LogP contribution in [0.5, 0.6) is 5.75 Å². The molecule has 0 radical (unpaired) electrons. The lowest BCUT2D eigenvalue weighted by atomic mass is 9.95. The summed E-state index contributed by atoms with van der Waals surface area (Å²) >= 11 is 0. The van der Waals surface area contributed by atoms with E-state index < -0.39 is 30.1 Å². The minimum Gasteiger partial charge on any atom is -0.425 e. The minimum absolute atomic E-state index is 0.180. The summed E-state index contributed by atoms with van der Waals surface area (Å²) in [7, 11) is 0. The average Bonchev–Trinajstić information content (AvgIpc) is 3.27. The molecule has 5 N–H and O–H groups in total. The number of benzene rings is 1. The molecule has 1 aromatic rings. The second kappa shape index (κ2) is 12.8. The number of likely N-dealkylation sites (tertiary alicyclic amines) is 1. The van der Waals surface area contributed by atoms with Gasteiger partial charge in [0, 0.05) is 12.1 Å². The van der Waals surface area contributed by atoms with E-state index in [1.165, 1.54) is 17.0 Å². The fourth-order valence-corrected chi connectivity index (χ4v) is 4.21. The maximum Gasteiger partial charge on any atom is 0.334 e. The van der Waals surface area contributed by atoms with Crippen molar-refractivity contribution >= 4 is 23.6 Å². The number of carbonyl (C=O) groups is 4. The van der Waals surface area contributed by atoms with E-state index in [4.69, 9.17) is 16.2 Å². The Morgan fingerprint density at radius 3 is 2.14 bits per heavy atom. The third-order valence-electron chi connectivity index (χ3n) is 5.96. The van der Waals surface area contributed by atoms with Crippen LogP contribution in [-0.4, -0.2) is 59.2 Å². The highest BCUT2D eigenvalue weighted by Gasteiger charge is 2.36. The molecular formula is C26H40N4O5. The Bertz CT molecular complexity index is 898. The third-order valence-corrected chi connectivity index (χ3v) is 5.96. The van der Waals surface area contributed by atoms with Crippen LogP contribution in [0.3, 0.4) is 0 Å². The Hall–Kier alpha value is -2.78. The number of amides is 2. The first-order chi connectivity index (χ1) is 16.4. The number of hydrogen-bond acceptors (Lipinski definition) is 7. The van der Waals surface area contributed by atoms with E-state index in [9.17, 15) is 19.2 Å². The Morgan fingerprint density at radius 1 is 1.00 bits per heavy atom. The van der Waals surface area contributed by atoms with Crippen molar-refractivity contribution in [3.05, 3.63) is 29.8 Å². The fourth-order valence-electron chi connectivity index (χ4n) is 4.21. The van der Waals surface area contributed by atoms with Gasteiger partial charge in [-0.2, -0.15) is 0 Å². The van der Waals surface area contributed by atoms with Crippen molar-refractivity contribution in [2.45, 2.75) is 84.5 Å². The quantitative estimate of drug-likeness (QED) is 0.245. The minimum atomic E-state index is -0.703. The molecular weight excluding hydrogens is 448 g/mol. The lowest BCUT2D eigenvalue weighted by Crippen LogP contribution is -2.49. The van der Waals surface area contributed by atoms with Gasteiger partial charge in [0.2, 0.25) is 11.8 Å². The van der Waals surface area contributed by atoms with Crippen LogP contribution in [0, 0.1) is 11.8 Å². The summed E-state index contributed by atoms with van der Waals surface area (Å²) in [4.78, 5) is 52.1. The molecule has 9 heteroatoms. The smallest absolute Gasteiger partial charge is 0.334 e. The van der Waals surface area contributed by atoms with Crippen molar-refractivity contribution in [3.63, 3.8) is 0 Å². The number of ether oxygens (including phenoxy) is 1. The number of nitrogens with zero attached hydrogens (tertiary/aromatic N) is 1. The molecule has 0 aromatic heterocycles. The van der Waals surface area contributed by atoms with Crippen LogP contribution in [0.15, 0.2) is 24.3 Å². The molecule has 1 saturated heterocycles. The zero-order valence-electron chi connectivity index (χ0n) is 21.5. The van der Waals surface area contributed by atoms with Gasteiger partial charge in [0.1, 0.15) is 11.8 Å². The second-order valence-corrected chi connectivity index (χ2v) is 10.2. The van der Waals surface area contributed by atoms with Crippen molar-refractivity contribution in [2.24, 2.45) is 23.3 Å². The monoisotopic (exact) mass is 488 g/mol. The summed E-state index contributed by atoms with van der Waals surface area (Å²) < 4.78 is 5.48. The van der Waals surface area contributed by atoms with E-state index >= 15 is 0 Å². The number of esters is 1. The third kappa shape index (κ3) is 8.14. The first-order valence-electron chi connectivity index (χ1n) is 12.4. The number of ketones is 1. The van der Waals surface area contributed by atoms with Crippen molar-refractivity contribution in [1.29, 1.82) is 0 Å². The van der Waals surface area contributed by atoms with Crippen LogP contribution in [0.4, 0.5) is 0 Å².